The van der Waals surface area contributed by atoms with Crippen molar-refractivity contribution in [3.05, 3.63) is 70.6 Å². The Morgan fingerprint density at radius 1 is 0.958 bits per heavy atom. The van der Waals surface area contributed by atoms with E-state index >= 15 is 0 Å². The Bertz CT molecular complexity index is 1490. The zero-order valence-corrected chi connectivity index (χ0v) is 33.2. The summed E-state index contributed by atoms with van der Waals surface area (Å²) < 4.78 is 20.5. The smallest absolute Gasteiger partial charge is 0.408 e. The van der Waals surface area contributed by atoms with Gasteiger partial charge in [-0.3, -0.25) is 9.36 Å². The Labute approximate surface area is 296 Å². The van der Waals surface area contributed by atoms with Gasteiger partial charge in [0.2, 0.25) is 5.91 Å². The predicted molar refractivity (Wildman–Crippen MR) is 199 cm³/mol. The number of benzene rings is 2. The van der Waals surface area contributed by atoms with Crippen LogP contribution >= 0.6 is 15.9 Å². The first-order valence-corrected chi connectivity index (χ1v) is 21.2. The number of imidazole rings is 1. The molecule has 9 nitrogen and oxygen atoms in total. The number of hydrogen-bond acceptors (Lipinski definition) is 6. The maximum absolute atomic E-state index is 14.4. The Hall–Kier alpha value is -3.15. The Morgan fingerprint density at radius 2 is 1.58 bits per heavy atom. The first kappa shape index (κ1) is 39.3. The van der Waals surface area contributed by atoms with Crippen LogP contribution in [-0.2, 0) is 34.0 Å². The molecular weight excluding hydrogens is 688 g/mol. The van der Waals surface area contributed by atoms with Crippen molar-refractivity contribution < 1.29 is 23.8 Å². The quantitative estimate of drug-likeness (QED) is 0.131. The molecule has 11 heteroatoms. The molecule has 48 heavy (non-hydrogen) atoms. The van der Waals surface area contributed by atoms with Gasteiger partial charge in [0, 0.05) is 32.7 Å². The van der Waals surface area contributed by atoms with Gasteiger partial charge in [0.05, 0.1) is 6.54 Å². The van der Waals surface area contributed by atoms with Crippen LogP contribution < -0.4 is 10.1 Å². The number of nitrogens with zero attached hydrogens (tertiary/aromatic N) is 3. The van der Waals surface area contributed by atoms with Crippen molar-refractivity contribution in [1.82, 2.24) is 19.8 Å². The molecule has 0 unspecified atom stereocenters. The van der Waals surface area contributed by atoms with Crippen LogP contribution in [-0.4, -0.2) is 64.4 Å². The molecule has 1 N–H and O–H groups in total. The summed E-state index contributed by atoms with van der Waals surface area (Å²) >= 11 is 3.79. The third-order valence-electron chi connectivity index (χ3n) is 7.24. The Balaban J connectivity index is 1.95. The molecule has 0 bridgehead atoms. The van der Waals surface area contributed by atoms with Gasteiger partial charge >= 0.3 is 6.09 Å². The molecule has 1 aromatic heterocycles. The van der Waals surface area contributed by atoms with Crippen LogP contribution in [0.4, 0.5) is 4.79 Å². The van der Waals surface area contributed by atoms with Crippen molar-refractivity contribution >= 4 is 36.0 Å². The SMILES string of the molecule is CC(C)N(Cc1nc(-c2ccccc2)c(Br)n1COCC[Si](C)(C)C)C(=O)[C@H](Cc1ccc(OC(C)(C)C)cc1)NC(=O)OC(C)(C)C. The van der Waals surface area contributed by atoms with Gasteiger partial charge in [0.1, 0.15) is 45.8 Å². The van der Waals surface area contributed by atoms with E-state index in [-0.39, 0.29) is 30.5 Å². The molecule has 2 aromatic carbocycles. The molecule has 3 aromatic rings. The number of carbonyl (C=O) groups excluding carboxylic acids is 2. The average molecular weight is 744 g/mol. The lowest BCUT2D eigenvalue weighted by Crippen LogP contribution is -2.52. The summed E-state index contributed by atoms with van der Waals surface area (Å²) in [5.41, 5.74) is 1.55. The summed E-state index contributed by atoms with van der Waals surface area (Å²) in [4.78, 5) is 34.3. The first-order chi connectivity index (χ1) is 22.2. The minimum Gasteiger partial charge on any atom is -0.488 e. The second kappa shape index (κ2) is 16.5. The highest BCUT2D eigenvalue weighted by atomic mass is 79.9. The topological polar surface area (TPSA) is 94.9 Å². The maximum Gasteiger partial charge on any atom is 0.408 e. The summed E-state index contributed by atoms with van der Waals surface area (Å²) in [6, 6.07) is 17.5. The van der Waals surface area contributed by atoms with Crippen LogP contribution in [0.3, 0.4) is 0 Å². The monoisotopic (exact) mass is 742 g/mol. The molecule has 0 fully saturated rings. The summed E-state index contributed by atoms with van der Waals surface area (Å²) in [7, 11) is -1.28. The lowest BCUT2D eigenvalue weighted by molar-refractivity contribution is -0.136. The van der Waals surface area contributed by atoms with E-state index in [0.29, 0.717) is 19.2 Å². The molecule has 264 valence electrons. The highest BCUT2D eigenvalue weighted by Gasteiger charge is 2.31. The van der Waals surface area contributed by atoms with E-state index in [1.165, 1.54) is 0 Å². The van der Waals surface area contributed by atoms with E-state index in [1.807, 2.05) is 93.8 Å². The molecule has 1 heterocycles. The largest absolute Gasteiger partial charge is 0.488 e. The summed E-state index contributed by atoms with van der Waals surface area (Å²) in [6.45, 7) is 23.4. The van der Waals surface area contributed by atoms with E-state index in [0.717, 1.165) is 33.2 Å². The van der Waals surface area contributed by atoms with Crippen LogP contribution in [0, 0.1) is 0 Å². The third-order valence-corrected chi connectivity index (χ3v) is 9.75. The zero-order chi connectivity index (χ0) is 35.9. The van der Waals surface area contributed by atoms with Gasteiger partial charge < -0.3 is 24.4 Å². The lowest BCUT2D eigenvalue weighted by Gasteiger charge is -2.31. The van der Waals surface area contributed by atoms with Crippen molar-refractivity contribution in [2.75, 3.05) is 6.61 Å². The van der Waals surface area contributed by atoms with Gasteiger partial charge in [-0.25, -0.2) is 9.78 Å². The number of carbonyl (C=O) groups is 2. The fraction of sp³-hybridized carbons (Fsp3) is 0.541. The second-order valence-electron chi connectivity index (χ2n) is 15.6. The molecular formula is C37H55BrN4O5Si. The minimum atomic E-state index is -1.28. The maximum atomic E-state index is 14.4. The molecule has 3 rings (SSSR count). The normalized spacial score (nSPS) is 12.9. The molecule has 1 atom stereocenters. The fourth-order valence-electron chi connectivity index (χ4n) is 4.84. The van der Waals surface area contributed by atoms with Gasteiger partial charge in [-0.15, -0.1) is 0 Å². The number of hydrogen-bond donors (Lipinski definition) is 1. The number of amides is 2. The lowest BCUT2D eigenvalue weighted by atomic mass is 10.0. The van der Waals surface area contributed by atoms with Crippen molar-refractivity contribution in [3.8, 4) is 17.0 Å². The molecule has 0 aliphatic heterocycles. The van der Waals surface area contributed by atoms with E-state index in [4.69, 9.17) is 19.2 Å². The molecule has 0 saturated heterocycles. The molecule has 0 aliphatic carbocycles. The zero-order valence-electron chi connectivity index (χ0n) is 30.6. The number of ether oxygens (including phenoxy) is 3. The number of nitrogens with one attached hydrogen (secondary N) is 1. The van der Waals surface area contributed by atoms with Gasteiger partial charge in [0.15, 0.2) is 0 Å². The van der Waals surface area contributed by atoms with Crippen molar-refractivity contribution in [2.45, 2.75) is 124 Å². The van der Waals surface area contributed by atoms with Crippen LogP contribution in [0.15, 0.2) is 59.2 Å². The van der Waals surface area contributed by atoms with E-state index < -0.39 is 25.8 Å². The molecule has 0 aliphatic rings. The standard InChI is InChI=1S/C37H55BrN4O5Si/c1-26(2)41(24-31-40-32(28-15-13-12-14-16-28)33(38)42(31)25-45-21-22-48(9,10)11)34(43)30(39-35(44)47-37(6,7)8)23-27-17-19-29(20-18-27)46-36(3,4)5/h12-20,26,30H,21-25H2,1-11H3,(H,39,44)/t30-/m0/s1. The van der Waals surface area contributed by atoms with Gasteiger partial charge in [-0.05, 0) is 95.1 Å². The second-order valence-corrected chi connectivity index (χ2v) is 22.0. The Kier molecular flexibility index (Phi) is 13.5. The number of halogens is 1. The average Bonchev–Trinajstić information content (AvgIpc) is 3.26. The number of rotatable bonds is 14. The molecule has 0 saturated carbocycles. The summed E-state index contributed by atoms with van der Waals surface area (Å²) in [6.07, 6.45) is -0.381. The van der Waals surface area contributed by atoms with E-state index in [2.05, 4.69) is 40.9 Å². The Morgan fingerprint density at radius 3 is 2.12 bits per heavy atom. The minimum absolute atomic E-state index is 0.195. The number of alkyl carbamates (subject to hydrolysis) is 1. The van der Waals surface area contributed by atoms with Crippen molar-refractivity contribution in [1.29, 1.82) is 0 Å². The van der Waals surface area contributed by atoms with Crippen LogP contribution in [0.1, 0.15) is 66.8 Å². The van der Waals surface area contributed by atoms with Crippen LogP contribution in [0.5, 0.6) is 5.75 Å². The van der Waals surface area contributed by atoms with Gasteiger partial charge in [0.25, 0.3) is 0 Å². The predicted octanol–water partition coefficient (Wildman–Crippen LogP) is 8.68. The third kappa shape index (κ3) is 12.7. The van der Waals surface area contributed by atoms with Crippen LogP contribution in [0.25, 0.3) is 11.3 Å². The highest BCUT2D eigenvalue weighted by Crippen LogP contribution is 2.30. The van der Waals surface area contributed by atoms with Crippen molar-refractivity contribution in [2.24, 2.45) is 0 Å². The molecule has 0 spiro atoms. The highest BCUT2D eigenvalue weighted by molar-refractivity contribution is 9.10. The summed E-state index contributed by atoms with van der Waals surface area (Å²) in [5.74, 6) is 1.17. The first-order valence-electron chi connectivity index (χ1n) is 16.7. The van der Waals surface area contributed by atoms with Gasteiger partial charge in [-0.2, -0.15) is 0 Å². The van der Waals surface area contributed by atoms with E-state index in [9.17, 15) is 9.59 Å². The van der Waals surface area contributed by atoms with Crippen LogP contribution in [0.2, 0.25) is 25.7 Å². The van der Waals surface area contributed by atoms with Gasteiger partial charge in [-0.1, -0.05) is 62.1 Å². The van der Waals surface area contributed by atoms with Crippen molar-refractivity contribution in [3.63, 3.8) is 0 Å². The molecule has 0 radical (unpaired) electrons. The molecule has 2 amide bonds. The summed E-state index contributed by atoms with van der Waals surface area (Å²) in [5, 5.41) is 2.87. The number of aromatic nitrogens is 2. The van der Waals surface area contributed by atoms with E-state index in [1.54, 1.807) is 25.7 Å². The fourth-order valence-corrected chi connectivity index (χ4v) is 6.22.